The van der Waals surface area contributed by atoms with E-state index in [0.717, 1.165) is 26.2 Å². The van der Waals surface area contributed by atoms with Crippen molar-refractivity contribution in [1.29, 1.82) is 0 Å². The van der Waals surface area contributed by atoms with Gasteiger partial charge in [0, 0.05) is 37.9 Å². The van der Waals surface area contributed by atoms with E-state index >= 15 is 0 Å². The molecule has 0 spiro atoms. The number of hydrogen-bond acceptors (Lipinski definition) is 6. The molecule has 2 aromatic heterocycles. The van der Waals surface area contributed by atoms with Gasteiger partial charge >= 0.3 is 5.63 Å². The fraction of sp³-hybridized carbons (Fsp3) is 0.238. The van der Waals surface area contributed by atoms with Crippen LogP contribution in [0.3, 0.4) is 0 Å². The molecule has 2 aromatic carbocycles. The minimum absolute atomic E-state index is 0.00730. The molecule has 0 radical (unpaired) electrons. The van der Waals surface area contributed by atoms with E-state index in [-0.39, 0.29) is 33.5 Å². The Bertz CT molecular complexity index is 1290. The van der Waals surface area contributed by atoms with Crippen LogP contribution >= 0.6 is 0 Å². The van der Waals surface area contributed by atoms with Gasteiger partial charge in [0.1, 0.15) is 22.5 Å². The Morgan fingerprint density at radius 2 is 1.76 bits per heavy atom. The zero-order valence-corrected chi connectivity index (χ0v) is 15.6. The zero-order valence-electron chi connectivity index (χ0n) is 15.6. The minimum atomic E-state index is -0.723. The highest BCUT2D eigenvalue weighted by atomic mass is 19.1. The highest BCUT2D eigenvalue weighted by Gasteiger charge is 2.20. The van der Waals surface area contributed by atoms with Crippen molar-refractivity contribution >= 4 is 27.8 Å². The first-order chi connectivity index (χ1) is 14.0. The van der Waals surface area contributed by atoms with Gasteiger partial charge in [0.15, 0.2) is 11.4 Å². The molecule has 1 aliphatic rings. The molecular formula is C21H17F2N3O3. The number of halogens is 2. The lowest BCUT2D eigenvalue weighted by Gasteiger charge is -2.34. The van der Waals surface area contributed by atoms with Gasteiger partial charge in [0.25, 0.3) is 0 Å². The summed E-state index contributed by atoms with van der Waals surface area (Å²) in [5.41, 5.74) is 0.245. The Labute approximate surface area is 164 Å². The first kappa shape index (κ1) is 17.8. The van der Waals surface area contributed by atoms with Crippen molar-refractivity contribution in [3.05, 3.63) is 58.5 Å². The summed E-state index contributed by atoms with van der Waals surface area (Å²) in [5.74, 6) is -1.18. The average molecular weight is 397 g/mol. The number of likely N-dealkylation sites (N-methyl/N-ethyl adjacent to an activating group) is 1. The summed E-state index contributed by atoms with van der Waals surface area (Å²) in [4.78, 5) is 20.8. The van der Waals surface area contributed by atoms with Crippen molar-refractivity contribution in [2.75, 3.05) is 38.1 Å². The number of aromatic nitrogens is 1. The van der Waals surface area contributed by atoms with Gasteiger partial charge < -0.3 is 18.6 Å². The quantitative estimate of drug-likeness (QED) is 0.482. The Hall–Kier alpha value is -3.26. The van der Waals surface area contributed by atoms with Crippen LogP contribution in [-0.2, 0) is 0 Å². The summed E-state index contributed by atoms with van der Waals surface area (Å²) in [7, 11) is 2.04. The molecule has 0 saturated carbocycles. The van der Waals surface area contributed by atoms with Crippen molar-refractivity contribution in [3.63, 3.8) is 0 Å². The van der Waals surface area contributed by atoms with Crippen LogP contribution in [0.1, 0.15) is 0 Å². The van der Waals surface area contributed by atoms with Crippen molar-refractivity contribution in [2.45, 2.75) is 0 Å². The highest BCUT2D eigenvalue weighted by molar-refractivity contribution is 5.85. The van der Waals surface area contributed by atoms with E-state index < -0.39 is 17.3 Å². The number of nitrogens with zero attached hydrogens (tertiary/aromatic N) is 3. The topological polar surface area (TPSA) is 62.7 Å². The van der Waals surface area contributed by atoms with Crippen molar-refractivity contribution in [1.82, 2.24) is 9.88 Å². The monoisotopic (exact) mass is 397 g/mol. The maximum atomic E-state index is 14.9. The van der Waals surface area contributed by atoms with Crippen LogP contribution in [0.5, 0.6) is 0 Å². The van der Waals surface area contributed by atoms with E-state index in [0.29, 0.717) is 5.69 Å². The lowest BCUT2D eigenvalue weighted by Crippen LogP contribution is -2.44. The number of benzene rings is 2. The maximum absolute atomic E-state index is 14.9. The summed E-state index contributed by atoms with van der Waals surface area (Å²) >= 11 is 0. The van der Waals surface area contributed by atoms with Crippen molar-refractivity contribution in [3.8, 4) is 11.5 Å². The molecular weight excluding hydrogens is 380 g/mol. The van der Waals surface area contributed by atoms with Crippen molar-refractivity contribution < 1.29 is 17.6 Å². The van der Waals surface area contributed by atoms with Crippen LogP contribution in [0.15, 0.2) is 50.0 Å². The van der Waals surface area contributed by atoms with E-state index in [1.807, 2.05) is 7.05 Å². The number of rotatable bonds is 2. The molecule has 0 bridgehead atoms. The molecule has 3 heterocycles. The largest absolute Gasteiger partial charge is 0.436 e. The van der Waals surface area contributed by atoms with Crippen LogP contribution in [-0.4, -0.2) is 43.1 Å². The molecule has 0 unspecified atom stereocenters. The Morgan fingerprint density at radius 3 is 2.52 bits per heavy atom. The standard InChI is InChI=1S/C21H17F2N3O3/c1-25-5-7-26(8-6-25)12-9-16(23)13-11-14(21(27)29-18(13)10-12)20-24-19-15(22)3-2-4-17(19)28-20/h2-4,9-11H,5-8H2,1H3. The number of piperazine rings is 1. The first-order valence-electron chi connectivity index (χ1n) is 9.26. The molecule has 148 valence electrons. The Morgan fingerprint density at radius 1 is 0.966 bits per heavy atom. The molecule has 29 heavy (non-hydrogen) atoms. The molecule has 1 fully saturated rings. The number of hydrogen-bond donors (Lipinski definition) is 0. The molecule has 6 nitrogen and oxygen atoms in total. The van der Waals surface area contributed by atoms with Gasteiger partial charge in [-0.05, 0) is 31.3 Å². The second kappa shape index (κ2) is 6.66. The average Bonchev–Trinajstić information content (AvgIpc) is 3.13. The molecule has 8 heteroatoms. The maximum Gasteiger partial charge on any atom is 0.349 e. The van der Waals surface area contributed by atoms with Gasteiger partial charge in [-0.3, -0.25) is 0 Å². The molecule has 1 saturated heterocycles. The summed E-state index contributed by atoms with van der Waals surface area (Å²) < 4.78 is 39.6. The van der Waals surface area contributed by atoms with Crippen molar-refractivity contribution in [2.24, 2.45) is 0 Å². The fourth-order valence-corrected chi connectivity index (χ4v) is 3.59. The molecule has 4 aromatic rings. The smallest absolute Gasteiger partial charge is 0.349 e. The SMILES string of the molecule is CN1CCN(c2cc(F)c3cc(-c4nc5c(F)cccc5o4)c(=O)oc3c2)CC1. The Kier molecular flexibility index (Phi) is 4.09. The minimum Gasteiger partial charge on any atom is -0.436 e. The second-order valence-corrected chi connectivity index (χ2v) is 7.18. The first-order valence-corrected chi connectivity index (χ1v) is 9.26. The molecule has 0 N–H and O–H groups in total. The highest BCUT2D eigenvalue weighted by Crippen LogP contribution is 2.30. The van der Waals surface area contributed by atoms with E-state index in [4.69, 9.17) is 8.83 Å². The predicted octanol–water partition coefficient (Wildman–Crippen LogP) is 3.63. The van der Waals surface area contributed by atoms with E-state index in [1.54, 1.807) is 12.1 Å². The molecule has 5 rings (SSSR count). The van der Waals surface area contributed by atoms with Crippen LogP contribution in [0.2, 0.25) is 0 Å². The number of oxazole rings is 1. The predicted molar refractivity (Wildman–Crippen MR) is 105 cm³/mol. The van der Waals surface area contributed by atoms with E-state index in [1.165, 1.54) is 24.3 Å². The third-order valence-electron chi connectivity index (χ3n) is 5.26. The van der Waals surface area contributed by atoms with Crippen LogP contribution < -0.4 is 10.5 Å². The third-order valence-corrected chi connectivity index (χ3v) is 5.26. The van der Waals surface area contributed by atoms with E-state index in [2.05, 4.69) is 14.8 Å². The van der Waals surface area contributed by atoms with E-state index in [9.17, 15) is 13.6 Å². The van der Waals surface area contributed by atoms with Crippen LogP contribution in [0.25, 0.3) is 33.5 Å². The molecule has 0 amide bonds. The second-order valence-electron chi connectivity index (χ2n) is 7.18. The van der Waals surface area contributed by atoms with Gasteiger partial charge in [0.05, 0.1) is 5.39 Å². The number of para-hydroxylation sites is 1. The molecule has 1 aliphatic heterocycles. The van der Waals surface area contributed by atoms with Crippen LogP contribution in [0, 0.1) is 11.6 Å². The molecule has 0 atom stereocenters. The van der Waals surface area contributed by atoms with Gasteiger partial charge in [0.2, 0.25) is 5.89 Å². The van der Waals surface area contributed by atoms with Gasteiger partial charge in [-0.25, -0.2) is 18.6 Å². The molecule has 0 aliphatic carbocycles. The van der Waals surface area contributed by atoms with Crippen LogP contribution in [0.4, 0.5) is 14.5 Å². The normalized spacial score (nSPS) is 15.5. The summed E-state index contributed by atoms with van der Waals surface area (Å²) in [6.07, 6.45) is 0. The van der Waals surface area contributed by atoms with Gasteiger partial charge in [-0.1, -0.05) is 6.07 Å². The number of anilines is 1. The Balaban J connectivity index is 1.60. The van der Waals surface area contributed by atoms with Gasteiger partial charge in [-0.2, -0.15) is 0 Å². The number of fused-ring (bicyclic) bond motifs is 2. The summed E-state index contributed by atoms with van der Waals surface area (Å²) in [5, 5.41) is 0.139. The lowest BCUT2D eigenvalue weighted by molar-refractivity contribution is 0.313. The van der Waals surface area contributed by atoms with Gasteiger partial charge in [-0.15, -0.1) is 0 Å². The third kappa shape index (κ3) is 3.05. The lowest BCUT2D eigenvalue weighted by atomic mass is 10.1. The fourth-order valence-electron chi connectivity index (χ4n) is 3.59. The zero-order chi connectivity index (χ0) is 20.1. The summed E-state index contributed by atoms with van der Waals surface area (Å²) in [6, 6.07) is 8.71. The summed E-state index contributed by atoms with van der Waals surface area (Å²) in [6.45, 7) is 3.27.